The number of aromatic nitrogens is 3. The molecule has 3 aromatic rings. The van der Waals surface area contributed by atoms with Crippen LogP contribution in [0.1, 0.15) is 22.8 Å². The second kappa shape index (κ2) is 11.2. The van der Waals surface area contributed by atoms with Gasteiger partial charge in [0, 0.05) is 20.1 Å². The van der Waals surface area contributed by atoms with Gasteiger partial charge in [-0.25, -0.2) is 13.8 Å². The van der Waals surface area contributed by atoms with Gasteiger partial charge in [-0.15, -0.1) is 10.2 Å². The van der Waals surface area contributed by atoms with Gasteiger partial charge in [0.25, 0.3) is 0 Å². The maximum atomic E-state index is 13.9. The monoisotopic (exact) mass is 442 g/mol. The highest BCUT2D eigenvalue weighted by Crippen LogP contribution is 2.11. The van der Waals surface area contributed by atoms with Crippen molar-refractivity contribution in [3.63, 3.8) is 0 Å². The molecule has 0 aliphatic heterocycles. The lowest BCUT2D eigenvalue weighted by Crippen LogP contribution is -2.39. The van der Waals surface area contributed by atoms with E-state index < -0.39 is 11.6 Å². The van der Waals surface area contributed by atoms with Crippen LogP contribution in [0.25, 0.3) is 0 Å². The van der Waals surface area contributed by atoms with Gasteiger partial charge < -0.3 is 19.9 Å². The molecule has 1 aromatic heterocycles. The van der Waals surface area contributed by atoms with Gasteiger partial charge in [0.15, 0.2) is 11.8 Å². The summed E-state index contributed by atoms with van der Waals surface area (Å²) in [6.45, 7) is 3.25. The van der Waals surface area contributed by atoms with Gasteiger partial charge in [0.05, 0.1) is 7.11 Å². The fourth-order valence-corrected chi connectivity index (χ4v) is 3.08. The summed E-state index contributed by atoms with van der Waals surface area (Å²) in [4.78, 5) is 4.58. The van der Waals surface area contributed by atoms with E-state index in [0.29, 0.717) is 37.6 Å². The van der Waals surface area contributed by atoms with E-state index in [9.17, 15) is 8.78 Å². The molecule has 0 aliphatic rings. The largest absolute Gasteiger partial charge is 0.497 e. The summed E-state index contributed by atoms with van der Waals surface area (Å²) < 4.78 is 34.4. The van der Waals surface area contributed by atoms with Crippen molar-refractivity contribution in [1.29, 1.82) is 0 Å². The van der Waals surface area contributed by atoms with Crippen molar-refractivity contribution in [2.75, 3.05) is 20.2 Å². The van der Waals surface area contributed by atoms with E-state index in [1.807, 2.05) is 42.8 Å². The molecule has 0 radical (unpaired) electrons. The predicted molar refractivity (Wildman–Crippen MR) is 120 cm³/mol. The summed E-state index contributed by atoms with van der Waals surface area (Å²) in [5, 5.41) is 14.6. The molecule has 1 heterocycles. The van der Waals surface area contributed by atoms with Crippen LogP contribution in [0.4, 0.5) is 8.78 Å². The number of methoxy groups -OCH3 is 1. The van der Waals surface area contributed by atoms with Crippen LogP contribution in [-0.2, 0) is 26.4 Å². The van der Waals surface area contributed by atoms with Crippen molar-refractivity contribution in [3.8, 4) is 5.75 Å². The highest BCUT2D eigenvalue weighted by atomic mass is 19.1. The Labute approximate surface area is 186 Å². The van der Waals surface area contributed by atoms with Crippen molar-refractivity contribution < 1.29 is 13.5 Å². The third-order valence-corrected chi connectivity index (χ3v) is 5.12. The Kier molecular flexibility index (Phi) is 8.13. The van der Waals surface area contributed by atoms with E-state index in [1.165, 1.54) is 6.07 Å². The Morgan fingerprint density at radius 3 is 2.41 bits per heavy atom. The first-order valence-corrected chi connectivity index (χ1v) is 10.4. The zero-order valence-corrected chi connectivity index (χ0v) is 18.5. The number of aliphatic imine (C=N–C) groups is 1. The standard InChI is InChI=1S/C23H28F2N6O/c1-16-29-30-22(31(16)2)15-28-23(26-12-10-17-4-7-20(32-3)8-5-17)27-13-11-18-14-19(24)6-9-21(18)25/h4-9,14H,10-13,15H2,1-3H3,(H2,26,27,28). The van der Waals surface area contributed by atoms with Gasteiger partial charge in [-0.3, -0.25) is 0 Å². The van der Waals surface area contributed by atoms with Crippen LogP contribution >= 0.6 is 0 Å². The van der Waals surface area contributed by atoms with Crippen LogP contribution in [0.2, 0.25) is 0 Å². The number of rotatable bonds is 9. The number of aryl methyl sites for hydroxylation is 1. The molecule has 0 fully saturated rings. The summed E-state index contributed by atoms with van der Waals surface area (Å²) in [6.07, 6.45) is 1.11. The first-order chi connectivity index (χ1) is 15.5. The molecule has 0 unspecified atom stereocenters. The van der Waals surface area contributed by atoms with E-state index in [-0.39, 0.29) is 0 Å². The van der Waals surface area contributed by atoms with Crippen LogP contribution in [0.15, 0.2) is 47.5 Å². The van der Waals surface area contributed by atoms with Crippen molar-refractivity contribution in [1.82, 2.24) is 25.4 Å². The summed E-state index contributed by atoms with van der Waals surface area (Å²) in [5.41, 5.74) is 1.47. The number of nitrogens with one attached hydrogen (secondary N) is 2. The fourth-order valence-electron chi connectivity index (χ4n) is 3.08. The molecule has 2 aromatic carbocycles. The lowest BCUT2D eigenvalue weighted by Gasteiger charge is -2.13. The van der Waals surface area contributed by atoms with E-state index in [0.717, 1.165) is 41.5 Å². The number of benzene rings is 2. The number of nitrogens with zero attached hydrogens (tertiary/aromatic N) is 4. The molecule has 0 amide bonds. The molecule has 2 N–H and O–H groups in total. The minimum absolute atomic E-state index is 0.319. The summed E-state index contributed by atoms with van der Waals surface area (Å²) in [6, 6.07) is 11.3. The molecule has 0 aliphatic carbocycles. The third-order valence-electron chi connectivity index (χ3n) is 5.12. The Balaban J connectivity index is 1.60. The van der Waals surface area contributed by atoms with E-state index in [1.54, 1.807) is 7.11 Å². The van der Waals surface area contributed by atoms with Gasteiger partial charge in [0.1, 0.15) is 29.8 Å². The fraction of sp³-hybridized carbons (Fsp3) is 0.348. The molecule has 0 bridgehead atoms. The normalized spacial score (nSPS) is 11.5. The number of halogens is 2. The first kappa shape index (κ1) is 23.2. The number of ether oxygens (including phenoxy) is 1. The number of guanidine groups is 1. The van der Waals surface area contributed by atoms with Crippen molar-refractivity contribution in [3.05, 3.63) is 76.9 Å². The van der Waals surface area contributed by atoms with Crippen molar-refractivity contribution in [2.24, 2.45) is 12.0 Å². The molecule has 0 saturated heterocycles. The van der Waals surface area contributed by atoms with Crippen LogP contribution < -0.4 is 15.4 Å². The van der Waals surface area contributed by atoms with Gasteiger partial charge in [0.2, 0.25) is 0 Å². The molecule has 0 atom stereocenters. The van der Waals surface area contributed by atoms with Crippen molar-refractivity contribution in [2.45, 2.75) is 26.3 Å². The molecular weight excluding hydrogens is 414 g/mol. The van der Waals surface area contributed by atoms with Crippen LogP contribution in [-0.4, -0.2) is 40.9 Å². The number of hydrogen-bond donors (Lipinski definition) is 2. The van der Waals surface area contributed by atoms with E-state index in [4.69, 9.17) is 4.74 Å². The lowest BCUT2D eigenvalue weighted by atomic mass is 10.1. The zero-order chi connectivity index (χ0) is 22.9. The Bertz CT molecular complexity index is 1050. The van der Waals surface area contributed by atoms with Crippen LogP contribution in [0.3, 0.4) is 0 Å². The molecule has 0 saturated carbocycles. The average molecular weight is 443 g/mol. The topological polar surface area (TPSA) is 76.4 Å². The summed E-state index contributed by atoms with van der Waals surface area (Å²) in [5.74, 6) is 2.04. The van der Waals surface area contributed by atoms with Crippen molar-refractivity contribution >= 4 is 5.96 Å². The third kappa shape index (κ3) is 6.50. The molecule has 32 heavy (non-hydrogen) atoms. The maximum absolute atomic E-state index is 13.9. The van der Waals surface area contributed by atoms with Gasteiger partial charge >= 0.3 is 0 Å². The van der Waals surface area contributed by atoms with Gasteiger partial charge in [-0.1, -0.05) is 12.1 Å². The quantitative estimate of drug-likeness (QED) is 0.394. The summed E-state index contributed by atoms with van der Waals surface area (Å²) >= 11 is 0. The van der Waals surface area contributed by atoms with Gasteiger partial charge in [-0.2, -0.15) is 0 Å². The second-order valence-corrected chi connectivity index (χ2v) is 7.32. The Hall–Kier alpha value is -3.49. The Morgan fingerprint density at radius 1 is 1.03 bits per heavy atom. The molecule has 0 spiro atoms. The zero-order valence-electron chi connectivity index (χ0n) is 18.5. The van der Waals surface area contributed by atoms with Crippen LogP contribution in [0.5, 0.6) is 5.75 Å². The highest BCUT2D eigenvalue weighted by molar-refractivity contribution is 5.79. The molecular formula is C23H28F2N6O. The second-order valence-electron chi connectivity index (χ2n) is 7.32. The predicted octanol–water partition coefficient (Wildman–Crippen LogP) is 2.93. The lowest BCUT2D eigenvalue weighted by molar-refractivity contribution is 0.414. The highest BCUT2D eigenvalue weighted by Gasteiger charge is 2.07. The molecule has 170 valence electrons. The van der Waals surface area contributed by atoms with Crippen LogP contribution in [0, 0.1) is 18.6 Å². The smallest absolute Gasteiger partial charge is 0.191 e. The van der Waals surface area contributed by atoms with E-state index in [2.05, 4.69) is 25.8 Å². The average Bonchev–Trinajstić information content (AvgIpc) is 3.12. The minimum atomic E-state index is -0.453. The van der Waals surface area contributed by atoms with E-state index >= 15 is 0 Å². The SMILES string of the molecule is COc1ccc(CCNC(=NCc2nnc(C)n2C)NCCc2cc(F)ccc2F)cc1. The first-order valence-electron chi connectivity index (χ1n) is 10.4. The molecule has 7 nitrogen and oxygen atoms in total. The molecule has 9 heteroatoms. The Morgan fingerprint density at radius 2 is 1.75 bits per heavy atom. The minimum Gasteiger partial charge on any atom is -0.497 e. The van der Waals surface area contributed by atoms with Gasteiger partial charge in [-0.05, 0) is 61.2 Å². The molecule has 3 rings (SSSR count). The maximum Gasteiger partial charge on any atom is 0.191 e. The summed E-state index contributed by atoms with van der Waals surface area (Å²) in [7, 11) is 3.52. The number of hydrogen-bond acceptors (Lipinski definition) is 4.